The first kappa shape index (κ1) is 16.3. The molecule has 5 nitrogen and oxygen atoms in total. The predicted molar refractivity (Wildman–Crippen MR) is 78.5 cm³/mol. The van der Waals surface area contributed by atoms with E-state index in [1.807, 2.05) is 0 Å². The van der Waals surface area contributed by atoms with E-state index in [4.69, 9.17) is 15.2 Å². The van der Waals surface area contributed by atoms with E-state index in [1.54, 1.807) is 0 Å². The largest absolute Gasteiger partial charge is 0.462 e. The maximum atomic E-state index is 11.9. The highest BCUT2D eigenvalue weighted by molar-refractivity contribution is 5.82. The molecule has 1 atom stereocenters. The molecule has 0 aromatic heterocycles. The quantitative estimate of drug-likeness (QED) is 0.789. The van der Waals surface area contributed by atoms with Gasteiger partial charge < -0.3 is 15.2 Å². The van der Waals surface area contributed by atoms with Gasteiger partial charge in [0.1, 0.15) is 18.2 Å². The molecule has 0 heterocycles. The molecule has 2 N–H and O–H groups in total. The standard InChI is InChI=1S/C16H27NO4/c17-14(16(19)21-13-9-5-2-6-10-13)11-15(18)20-12-7-3-1-4-8-12/h12-14H,1-11,17H2/t14-/m0/s1. The number of nitrogens with two attached hydrogens (primary N) is 1. The Morgan fingerprint density at radius 2 is 1.33 bits per heavy atom. The van der Waals surface area contributed by atoms with Crippen molar-refractivity contribution in [2.24, 2.45) is 5.73 Å². The lowest BCUT2D eigenvalue weighted by Crippen LogP contribution is -2.38. The molecule has 21 heavy (non-hydrogen) atoms. The highest BCUT2D eigenvalue weighted by Crippen LogP contribution is 2.22. The van der Waals surface area contributed by atoms with Crippen LogP contribution in [0.15, 0.2) is 0 Å². The van der Waals surface area contributed by atoms with E-state index in [-0.39, 0.29) is 24.6 Å². The second kappa shape index (κ2) is 8.37. The molecule has 0 saturated heterocycles. The van der Waals surface area contributed by atoms with E-state index in [0.717, 1.165) is 51.4 Å². The van der Waals surface area contributed by atoms with Crippen LogP contribution in [-0.4, -0.2) is 30.2 Å². The number of carbonyl (C=O) groups excluding carboxylic acids is 2. The number of rotatable bonds is 5. The summed E-state index contributed by atoms with van der Waals surface area (Å²) in [7, 11) is 0. The summed E-state index contributed by atoms with van der Waals surface area (Å²) in [5.41, 5.74) is 5.77. The zero-order valence-corrected chi connectivity index (χ0v) is 12.7. The number of carbonyl (C=O) groups is 2. The number of ether oxygens (including phenoxy) is 2. The lowest BCUT2D eigenvalue weighted by molar-refractivity contribution is -0.159. The average molecular weight is 297 g/mol. The van der Waals surface area contributed by atoms with Gasteiger partial charge in [0.25, 0.3) is 0 Å². The zero-order chi connectivity index (χ0) is 15.1. The molecule has 0 aromatic carbocycles. The first-order valence-electron chi connectivity index (χ1n) is 8.30. The first-order chi connectivity index (χ1) is 10.1. The Kier molecular flexibility index (Phi) is 6.49. The Morgan fingerprint density at radius 1 is 0.857 bits per heavy atom. The van der Waals surface area contributed by atoms with E-state index in [9.17, 15) is 9.59 Å². The van der Waals surface area contributed by atoms with E-state index in [2.05, 4.69) is 0 Å². The van der Waals surface area contributed by atoms with Gasteiger partial charge in [-0.05, 0) is 51.4 Å². The molecule has 0 unspecified atom stereocenters. The van der Waals surface area contributed by atoms with Gasteiger partial charge in [-0.15, -0.1) is 0 Å². The highest BCUT2D eigenvalue weighted by atomic mass is 16.6. The Hall–Kier alpha value is -1.10. The predicted octanol–water partition coefficient (Wildman–Crippen LogP) is 2.46. The Labute approximate surface area is 126 Å². The lowest BCUT2D eigenvalue weighted by atomic mass is 9.97. The number of hydrogen-bond acceptors (Lipinski definition) is 5. The fourth-order valence-corrected chi connectivity index (χ4v) is 3.11. The smallest absolute Gasteiger partial charge is 0.323 e. The van der Waals surface area contributed by atoms with Crippen molar-refractivity contribution in [3.8, 4) is 0 Å². The molecule has 0 bridgehead atoms. The fraction of sp³-hybridized carbons (Fsp3) is 0.875. The summed E-state index contributed by atoms with van der Waals surface area (Å²) < 4.78 is 10.7. The molecule has 5 heteroatoms. The zero-order valence-electron chi connectivity index (χ0n) is 12.7. The van der Waals surface area contributed by atoms with Crippen LogP contribution in [0, 0.1) is 0 Å². The van der Waals surface area contributed by atoms with Crippen LogP contribution in [0.2, 0.25) is 0 Å². The van der Waals surface area contributed by atoms with Crippen LogP contribution >= 0.6 is 0 Å². The van der Waals surface area contributed by atoms with Crippen molar-refractivity contribution in [3.05, 3.63) is 0 Å². The summed E-state index contributed by atoms with van der Waals surface area (Å²) in [6.07, 6.45) is 10.4. The van der Waals surface area contributed by atoms with Crippen molar-refractivity contribution in [3.63, 3.8) is 0 Å². The van der Waals surface area contributed by atoms with E-state index < -0.39 is 12.0 Å². The van der Waals surface area contributed by atoms with E-state index in [0.29, 0.717) is 0 Å². The van der Waals surface area contributed by atoms with Crippen LogP contribution in [0.5, 0.6) is 0 Å². The molecule has 120 valence electrons. The lowest BCUT2D eigenvalue weighted by Gasteiger charge is -2.24. The van der Waals surface area contributed by atoms with Gasteiger partial charge in [0.05, 0.1) is 6.42 Å². The Bertz CT molecular complexity index is 346. The SMILES string of the molecule is N[C@@H](CC(=O)OC1CCCCC1)C(=O)OC1CCCCC1. The third-order valence-corrected chi connectivity index (χ3v) is 4.37. The van der Waals surface area contributed by atoms with Crippen LogP contribution in [0.3, 0.4) is 0 Å². The third kappa shape index (κ3) is 5.65. The molecule has 0 aliphatic heterocycles. The third-order valence-electron chi connectivity index (χ3n) is 4.37. The van der Waals surface area contributed by atoms with Gasteiger partial charge in [0.2, 0.25) is 0 Å². The van der Waals surface area contributed by atoms with Gasteiger partial charge in [-0.1, -0.05) is 12.8 Å². The Morgan fingerprint density at radius 3 is 1.86 bits per heavy atom. The van der Waals surface area contributed by atoms with Crippen LogP contribution in [0.25, 0.3) is 0 Å². The topological polar surface area (TPSA) is 78.6 Å². The monoisotopic (exact) mass is 297 g/mol. The second-order valence-electron chi connectivity index (χ2n) is 6.26. The molecule has 2 saturated carbocycles. The second-order valence-corrected chi connectivity index (χ2v) is 6.26. The van der Waals surface area contributed by atoms with Gasteiger partial charge in [0, 0.05) is 0 Å². The molecule has 2 fully saturated rings. The fourth-order valence-electron chi connectivity index (χ4n) is 3.11. The summed E-state index contributed by atoms with van der Waals surface area (Å²) in [6, 6.07) is -0.900. The minimum atomic E-state index is -0.900. The maximum Gasteiger partial charge on any atom is 0.323 e. The summed E-state index contributed by atoms with van der Waals surface area (Å²) in [4.78, 5) is 23.7. The van der Waals surface area contributed by atoms with Gasteiger partial charge in [-0.3, -0.25) is 9.59 Å². The van der Waals surface area contributed by atoms with Crippen molar-refractivity contribution in [2.75, 3.05) is 0 Å². The number of esters is 2. The van der Waals surface area contributed by atoms with Gasteiger partial charge in [-0.25, -0.2) is 0 Å². The molecule has 0 amide bonds. The molecule has 0 spiro atoms. The molecular formula is C16H27NO4. The highest BCUT2D eigenvalue weighted by Gasteiger charge is 2.26. The van der Waals surface area contributed by atoms with Crippen molar-refractivity contribution in [1.82, 2.24) is 0 Å². The summed E-state index contributed by atoms with van der Waals surface area (Å²) in [5.74, 6) is -0.850. The average Bonchev–Trinajstić information content (AvgIpc) is 2.49. The number of hydrogen-bond donors (Lipinski definition) is 1. The molecule has 0 aromatic rings. The van der Waals surface area contributed by atoms with Crippen LogP contribution < -0.4 is 5.73 Å². The van der Waals surface area contributed by atoms with E-state index >= 15 is 0 Å². The van der Waals surface area contributed by atoms with Crippen LogP contribution in [0.1, 0.15) is 70.6 Å². The molecule has 2 aliphatic rings. The summed E-state index contributed by atoms with van der Waals surface area (Å²) in [6.45, 7) is 0. The van der Waals surface area contributed by atoms with Crippen molar-refractivity contribution < 1.29 is 19.1 Å². The maximum absolute atomic E-state index is 11.9. The van der Waals surface area contributed by atoms with Crippen LogP contribution in [0.4, 0.5) is 0 Å². The first-order valence-corrected chi connectivity index (χ1v) is 8.30. The van der Waals surface area contributed by atoms with Crippen LogP contribution in [-0.2, 0) is 19.1 Å². The summed E-state index contributed by atoms with van der Waals surface area (Å²) >= 11 is 0. The molecule has 2 aliphatic carbocycles. The van der Waals surface area contributed by atoms with Crippen molar-refractivity contribution in [1.29, 1.82) is 0 Å². The van der Waals surface area contributed by atoms with Gasteiger partial charge >= 0.3 is 11.9 Å². The molecule has 2 rings (SSSR count). The Balaban J connectivity index is 1.67. The minimum absolute atomic E-state index is 0.00724. The van der Waals surface area contributed by atoms with E-state index in [1.165, 1.54) is 12.8 Å². The van der Waals surface area contributed by atoms with Gasteiger partial charge in [0.15, 0.2) is 0 Å². The molecular weight excluding hydrogens is 270 g/mol. The normalized spacial score (nSPS) is 22.5. The minimum Gasteiger partial charge on any atom is -0.462 e. The van der Waals surface area contributed by atoms with Gasteiger partial charge in [-0.2, -0.15) is 0 Å². The van der Waals surface area contributed by atoms with Crippen molar-refractivity contribution >= 4 is 11.9 Å². The van der Waals surface area contributed by atoms with Crippen molar-refractivity contribution in [2.45, 2.75) is 88.9 Å². The molecule has 0 radical (unpaired) electrons. The summed E-state index contributed by atoms with van der Waals surface area (Å²) in [5, 5.41) is 0.